The van der Waals surface area contributed by atoms with E-state index in [1.54, 1.807) is 53.0 Å². The monoisotopic (exact) mass is 417 g/mol. The Morgan fingerprint density at radius 1 is 1.00 bits per heavy atom. The highest BCUT2D eigenvalue weighted by molar-refractivity contribution is 6.01. The van der Waals surface area contributed by atoms with Crippen molar-refractivity contribution in [2.75, 3.05) is 18.9 Å². The first-order chi connectivity index (χ1) is 15.0. The smallest absolute Gasteiger partial charge is 0.259 e. The molecule has 2 amide bonds. The molecule has 0 fully saturated rings. The molecule has 8 heteroatoms. The Labute approximate surface area is 178 Å². The van der Waals surface area contributed by atoms with Crippen molar-refractivity contribution in [3.8, 4) is 11.5 Å². The number of para-hydroxylation sites is 1. The molecule has 4 aromatic rings. The van der Waals surface area contributed by atoms with Crippen molar-refractivity contribution in [1.29, 1.82) is 0 Å². The van der Waals surface area contributed by atoms with Crippen LogP contribution in [0, 0.1) is 5.82 Å². The quantitative estimate of drug-likeness (QED) is 0.522. The van der Waals surface area contributed by atoms with E-state index >= 15 is 0 Å². The van der Waals surface area contributed by atoms with Gasteiger partial charge in [-0.25, -0.2) is 9.07 Å². The molecule has 4 rings (SSSR count). The molecule has 7 nitrogen and oxygen atoms in total. The van der Waals surface area contributed by atoms with E-state index in [4.69, 9.17) is 0 Å². The predicted molar refractivity (Wildman–Crippen MR) is 115 cm³/mol. The summed E-state index contributed by atoms with van der Waals surface area (Å²) < 4.78 is 16.7. The third kappa shape index (κ3) is 4.37. The number of carbonyl (C=O) groups excluding carboxylic acids is 2. The molecule has 0 bridgehead atoms. The van der Waals surface area contributed by atoms with Gasteiger partial charge in [0.25, 0.3) is 5.91 Å². The number of hydrogen-bond donors (Lipinski definition) is 1. The second-order valence-corrected chi connectivity index (χ2v) is 6.94. The fraction of sp³-hybridized carbons (Fsp3) is 0.0870. The maximum absolute atomic E-state index is 13.4. The highest BCUT2D eigenvalue weighted by atomic mass is 19.1. The van der Waals surface area contributed by atoms with Gasteiger partial charge in [0.05, 0.1) is 18.4 Å². The zero-order valence-corrected chi connectivity index (χ0v) is 16.8. The average molecular weight is 417 g/mol. The Bertz CT molecular complexity index is 1180. The lowest BCUT2D eigenvalue weighted by Crippen LogP contribution is -2.35. The molecule has 0 spiro atoms. The molecule has 2 aromatic carbocycles. The third-order valence-electron chi connectivity index (χ3n) is 4.68. The normalized spacial score (nSPS) is 10.6. The number of rotatable bonds is 6. The second-order valence-electron chi connectivity index (χ2n) is 6.94. The maximum atomic E-state index is 13.4. The van der Waals surface area contributed by atoms with Gasteiger partial charge in [-0.3, -0.25) is 9.59 Å². The van der Waals surface area contributed by atoms with Gasteiger partial charge in [0.15, 0.2) is 5.82 Å². The Balaban J connectivity index is 1.60. The van der Waals surface area contributed by atoms with Gasteiger partial charge in [-0.2, -0.15) is 5.10 Å². The van der Waals surface area contributed by atoms with Crippen LogP contribution in [0.2, 0.25) is 0 Å². The van der Waals surface area contributed by atoms with Gasteiger partial charge in [-0.05, 0) is 48.5 Å². The molecule has 2 heterocycles. The summed E-state index contributed by atoms with van der Waals surface area (Å²) >= 11 is 0. The standard InChI is InChI=1S/C23H20FN5O2/c1-27(16-21(30)26-18-7-3-2-4-8-18)23(31)20-15-25-29(19-11-9-17(24)10-12-19)22(20)28-13-5-6-14-28/h2-15H,16H2,1H3,(H,26,30). The number of carbonyl (C=O) groups is 2. The van der Waals surface area contributed by atoms with Crippen LogP contribution in [-0.4, -0.2) is 44.7 Å². The molecule has 156 valence electrons. The molecule has 0 saturated carbocycles. The molecular weight excluding hydrogens is 397 g/mol. The van der Waals surface area contributed by atoms with Gasteiger partial charge in [0.1, 0.15) is 11.4 Å². The minimum atomic E-state index is -0.362. The van der Waals surface area contributed by atoms with Gasteiger partial charge in [0.2, 0.25) is 5.91 Å². The summed E-state index contributed by atoms with van der Waals surface area (Å²) in [6.45, 7) is -0.124. The van der Waals surface area contributed by atoms with E-state index in [1.807, 2.05) is 30.3 Å². The lowest BCUT2D eigenvalue weighted by Gasteiger charge is -2.18. The molecule has 0 aliphatic carbocycles. The van der Waals surface area contributed by atoms with Crippen LogP contribution >= 0.6 is 0 Å². The summed E-state index contributed by atoms with van der Waals surface area (Å²) in [5.74, 6) is -0.536. The lowest BCUT2D eigenvalue weighted by molar-refractivity contribution is -0.116. The number of anilines is 1. The van der Waals surface area contributed by atoms with E-state index in [-0.39, 0.29) is 24.2 Å². The molecule has 0 aliphatic heterocycles. The van der Waals surface area contributed by atoms with Crippen LogP contribution in [0.1, 0.15) is 10.4 Å². The van der Waals surface area contributed by atoms with Crippen LogP contribution in [0.4, 0.5) is 10.1 Å². The van der Waals surface area contributed by atoms with E-state index in [2.05, 4.69) is 10.4 Å². The van der Waals surface area contributed by atoms with Crippen molar-refractivity contribution in [2.24, 2.45) is 0 Å². The van der Waals surface area contributed by atoms with Crippen LogP contribution in [0.5, 0.6) is 0 Å². The molecule has 31 heavy (non-hydrogen) atoms. The van der Waals surface area contributed by atoms with E-state index in [0.717, 1.165) is 0 Å². The summed E-state index contributed by atoms with van der Waals surface area (Å²) in [5.41, 5.74) is 1.58. The van der Waals surface area contributed by atoms with Crippen molar-refractivity contribution >= 4 is 17.5 Å². The Morgan fingerprint density at radius 2 is 1.68 bits per heavy atom. The SMILES string of the molecule is CN(CC(=O)Nc1ccccc1)C(=O)c1cnn(-c2ccc(F)cc2)c1-n1cccc1. The molecule has 1 N–H and O–H groups in total. The zero-order valence-electron chi connectivity index (χ0n) is 16.8. The van der Waals surface area contributed by atoms with Crippen LogP contribution in [0.15, 0.2) is 85.3 Å². The molecule has 2 aromatic heterocycles. The Morgan fingerprint density at radius 3 is 2.35 bits per heavy atom. The van der Waals surface area contributed by atoms with Gasteiger partial charge in [-0.1, -0.05) is 18.2 Å². The average Bonchev–Trinajstić information content (AvgIpc) is 3.44. The van der Waals surface area contributed by atoms with Crippen LogP contribution in [-0.2, 0) is 4.79 Å². The van der Waals surface area contributed by atoms with Crippen LogP contribution in [0.3, 0.4) is 0 Å². The van der Waals surface area contributed by atoms with E-state index in [1.165, 1.54) is 23.2 Å². The van der Waals surface area contributed by atoms with Crippen molar-refractivity contribution in [3.63, 3.8) is 0 Å². The predicted octanol–water partition coefficient (Wildman–Crippen LogP) is 3.51. The van der Waals surface area contributed by atoms with E-state index < -0.39 is 0 Å². The molecule has 0 saturated heterocycles. The first-order valence-corrected chi connectivity index (χ1v) is 9.60. The minimum absolute atomic E-state index is 0.124. The van der Waals surface area contributed by atoms with Crippen molar-refractivity contribution in [2.45, 2.75) is 0 Å². The first kappa shape index (κ1) is 20.1. The largest absolute Gasteiger partial charge is 0.332 e. The van der Waals surface area contributed by atoms with Gasteiger partial charge < -0.3 is 14.8 Å². The number of likely N-dealkylation sites (N-methyl/N-ethyl adjacent to an activating group) is 1. The number of amides is 2. The second kappa shape index (κ2) is 8.66. The number of hydrogen-bond acceptors (Lipinski definition) is 3. The molecule has 0 atom stereocenters. The number of aromatic nitrogens is 3. The summed E-state index contributed by atoms with van der Waals surface area (Å²) in [6, 6.07) is 18.5. The van der Waals surface area contributed by atoms with Crippen molar-refractivity contribution in [3.05, 3.63) is 96.7 Å². The van der Waals surface area contributed by atoms with Crippen LogP contribution < -0.4 is 5.32 Å². The van der Waals surface area contributed by atoms with Crippen molar-refractivity contribution in [1.82, 2.24) is 19.2 Å². The fourth-order valence-corrected chi connectivity index (χ4v) is 3.20. The zero-order chi connectivity index (χ0) is 21.8. The molecular formula is C23H20FN5O2. The molecule has 0 radical (unpaired) electrons. The minimum Gasteiger partial charge on any atom is -0.332 e. The number of nitrogens with one attached hydrogen (secondary N) is 1. The lowest BCUT2D eigenvalue weighted by atomic mass is 10.2. The molecule has 0 unspecified atom stereocenters. The number of nitrogens with zero attached hydrogens (tertiary/aromatic N) is 4. The van der Waals surface area contributed by atoms with Gasteiger partial charge in [0, 0.05) is 25.1 Å². The third-order valence-corrected chi connectivity index (χ3v) is 4.68. The first-order valence-electron chi connectivity index (χ1n) is 9.60. The van der Waals surface area contributed by atoms with E-state index in [9.17, 15) is 14.0 Å². The highest BCUT2D eigenvalue weighted by Crippen LogP contribution is 2.21. The summed E-state index contributed by atoms with van der Waals surface area (Å²) in [5, 5.41) is 7.11. The van der Waals surface area contributed by atoms with Crippen LogP contribution in [0.25, 0.3) is 11.5 Å². The summed E-state index contributed by atoms with van der Waals surface area (Å²) in [7, 11) is 1.56. The number of halogens is 1. The topological polar surface area (TPSA) is 72.2 Å². The van der Waals surface area contributed by atoms with Gasteiger partial charge >= 0.3 is 0 Å². The summed E-state index contributed by atoms with van der Waals surface area (Å²) in [6.07, 6.45) is 5.03. The Kier molecular flexibility index (Phi) is 5.61. The summed E-state index contributed by atoms with van der Waals surface area (Å²) in [4.78, 5) is 26.9. The molecule has 0 aliphatic rings. The van der Waals surface area contributed by atoms with E-state index in [0.29, 0.717) is 22.8 Å². The maximum Gasteiger partial charge on any atom is 0.259 e. The fourth-order valence-electron chi connectivity index (χ4n) is 3.20. The highest BCUT2D eigenvalue weighted by Gasteiger charge is 2.23. The van der Waals surface area contributed by atoms with Crippen molar-refractivity contribution < 1.29 is 14.0 Å². The van der Waals surface area contributed by atoms with Gasteiger partial charge in [-0.15, -0.1) is 0 Å². The Hall–Kier alpha value is -4.20. The number of benzene rings is 2.